The van der Waals surface area contributed by atoms with Gasteiger partial charge in [0.2, 0.25) is 5.78 Å². The maximum absolute atomic E-state index is 11.9. The number of carbonyl (C=O) groups excluding carboxylic acids is 1. The fourth-order valence-corrected chi connectivity index (χ4v) is 3.72. The van der Waals surface area contributed by atoms with Crippen LogP contribution in [-0.4, -0.2) is 11.9 Å². The molecule has 0 spiro atoms. The fourth-order valence-electron chi connectivity index (χ4n) is 3.72. The van der Waals surface area contributed by atoms with E-state index in [1.54, 1.807) is 0 Å². The molecule has 0 saturated carbocycles. The molecule has 0 bridgehead atoms. The first-order valence-corrected chi connectivity index (χ1v) is 8.86. The number of Topliss-reactive ketones (excluding diaryl/α,β-unsaturated/α-hetero) is 1. The van der Waals surface area contributed by atoms with E-state index in [4.69, 9.17) is 4.74 Å². The molecule has 1 unspecified atom stereocenters. The van der Waals surface area contributed by atoms with Gasteiger partial charge < -0.3 is 4.74 Å². The molecule has 0 amide bonds. The summed E-state index contributed by atoms with van der Waals surface area (Å²) in [6, 6.07) is 0. The van der Waals surface area contributed by atoms with E-state index >= 15 is 0 Å². The summed E-state index contributed by atoms with van der Waals surface area (Å²) in [6.07, 6.45) is 7.06. The molecule has 22 heavy (non-hydrogen) atoms. The second kappa shape index (κ2) is 8.55. The van der Waals surface area contributed by atoms with E-state index in [9.17, 15) is 4.79 Å². The largest absolute Gasteiger partial charge is 0.482 e. The maximum atomic E-state index is 11.9. The minimum atomic E-state index is -0.317. The van der Waals surface area contributed by atoms with E-state index in [1.165, 1.54) is 25.7 Å². The van der Waals surface area contributed by atoms with Crippen LogP contribution in [0.3, 0.4) is 0 Å². The van der Waals surface area contributed by atoms with Crippen LogP contribution in [0.5, 0.6) is 0 Å². The van der Waals surface area contributed by atoms with Crippen molar-refractivity contribution < 1.29 is 9.53 Å². The van der Waals surface area contributed by atoms with Crippen LogP contribution in [0.25, 0.3) is 0 Å². The highest BCUT2D eigenvalue weighted by atomic mass is 16.5. The lowest BCUT2D eigenvalue weighted by molar-refractivity contribution is -0.120. The highest BCUT2D eigenvalue weighted by molar-refractivity contribution is 6.01. The lowest BCUT2D eigenvalue weighted by Gasteiger charge is -2.19. The molecular formula is C20H34O2. The standard InChI is InChI=1S/C20H34O2/c1-8-9-13(2)10-14(3)11-15(4)12-16(5)20-17(6)19(21)18(7)22-20/h12-15,18H,8-11H2,1-7H3/b16-12-/t13-,14-,15-,18?/m0/s1. The first-order chi connectivity index (χ1) is 10.3. The highest BCUT2D eigenvalue weighted by Crippen LogP contribution is 2.29. The predicted octanol–water partition coefficient (Wildman–Crippen LogP) is 5.68. The van der Waals surface area contributed by atoms with E-state index in [0.717, 1.165) is 28.7 Å². The highest BCUT2D eigenvalue weighted by Gasteiger charge is 2.29. The van der Waals surface area contributed by atoms with E-state index in [1.807, 2.05) is 13.8 Å². The van der Waals surface area contributed by atoms with Gasteiger partial charge >= 0.3 is 0 Å². The summed E-state index contributed by atoms with van der Waals surface area (Å²) in [4.78, 5) is 11.9. The van der Waals surface area contributed by atoms with Crippen molar-refractivity contribution in [2.45, 2.75) is 80.3 Å². The van der Waals surface area contributed by atoms with Crippen molar-refractivity contribution in [1.82, 2.24) is 0 Å². The molecule has 0 aliphatic carbocycles. The van der Waals surface area contributed by atoms with Gasteiger partial charge in [-0.3, -0.25) is 4.79 Å². The minimum absolute atomic E-state index is 0.122. The predicted molar refractivity (Wildman–Crippen MR) is 93.6 cm³/mol. The molecule has 1 heterocycles. The van der Waals surface area contributed by atoms with Crippen LogP contribution in [0.4, 0.5) is 0 Å². The Hall–Kier alpha value is -1.05. The molecule has 4 atom stereocenters. The van der Waals surface area contributed by atoms with Crippen LogP contribution in [0.2, 0.25) is 0 Å². The molecule has 1 aliphatic heterocycles. The van der Waals surface area contributed by atoms with E-state index in [0.29, 0.717) is 5.92 Å². The minimum Gasteiger partial charge on any atom is -0.482 e. The van der Waals surface area contributed by atoms with Gasteiger partial charge in [0.15, 0.2) is 6.10 Å². The smallest absolute Gasteiger partial charge is 0.202 e. The summed E-state index contributed by atoms with van der Waals surface area (Å²) in [5.74, 6) is 2.99. The number of carbonyl (C=O) groups is 1. The molecule has 0 saturated heterocycles. The first kappa shape index (κ1) is 19.0. The van der Waals surface area contributed by atoms with Crippen molar-refractivity contribution in [2.24, 2.45) is 17.8 Å². The van der Waals surface area contributed by atoms with Crippen molar-refractivity contribution in [3.8, 4) is 0 Å². The molecule has 1 aliphatic rings. The topological polar surface area (TPSA) is 26.3 Å². The molecule has 0 aromatic carbocycles. The van der Waals surface area contributed by atoms with Gasteiger partial charge in [0, 0.05) is 5.57 Å². The first-order valence-electron chi connectivity index (χ1n) is 8.86. The van der Waals surface area contributed by atoms with Crippen molar-refractivity contribution in [3.63, 3.8) is 0 Å². The molecule has 2 nitrogen and oxygen atoms in total. The lowest BCUT2D eigenvalue weighted by Crippen LogP contribution is -2.12. The summed E-state index contributed by atoms with van der Waals surface area (Å²) < 4.78 is 5.71. The van der Waals surface area contributed by atoms with Crippen LogP contribution < -0.4 is 0 Å². The zero-order valence-corrected chi connectivity index (χ0v) is 15.5. The van der Waals surface area contributed by atoms with Gasteiger partial charge in [-0.2, -0.15) is 0 Å². The van der Waals surface area contributed by atoms with Crippen molar-refractivity contribution in [2.75, 3.05) is 0 Å². The van der Waals surface area contributed by atoms with Gasteiger partial charge in [-0.25, -0.2) is 0 Å². The van der Waals surface area contributed by atoms with Gasteiger partial charge in [-0.05, 0) is 56.9 Å². The summed E-state index contributed by atoms with van der Waals surface area (Å²) in [7, 11) is 0. The molecule has 0 aromatic heterocycles. The molecule has 0 N–H and O–H groups in total. The van der Waals surface area contributed by atoms with Gasteiger partial charge in [-0.1, -0.05) is 46.6 Å². The quantitative estimate of drug-likeness (QED) is 0.576. The van der Waals surface area contributed by atoms with Crippen molar-refractivity contribution >= 4 is 5.78 Å². The monoisotopic (exact) mass is 306 g/mol. The molecular weight excluding hydrogens is 272 g/mol. The Morgan fingerprint density at radius 2 is 1.86 bits per heavy atom. The number of hydrogen-bond donors (Lipinski definition) is 0. The summed E-state index contributed by atoms with van der Waals surface area (Å²) in [5.41, 5.74) is 1.88. The zero-order valence-electron chi connectivity index (χ0n) is 15.5. The number of hydrogen-bond acceptors (Lipinski definition) is 2. The van der Waals surface area contributed by atoms with Gasteiger partial charge in [0.25, 0.3) is 0 Å². The molecule has 126 valence electrons. The van der Waals surface area contributed by atoms with Crippen LogP contribution in [0, 0.1) is 17.8 Å². The molecule has 0 fully saturated rings. The normalized spacial score (nSPS) is 23.5. The third-order valence-electron chi connectivity index (χ3n) is 4.63. The third-order valence-corrected chi connectivity index (χ3v) is 4.63. The van der Waals surface area contributed by atoms with Gasteiger partial charge in [-0.15, -0.1) is 0 Å². The molecule has 0 radical (unpaired) electrons. The number of rotatable bonds is 8. The number of allylic oxidation sites excluding steroid dienone is 2. The molecule has 1 rings (SSSR count). The second-order valence-corrected chi connectivity index (χ2v) is 7.38. The third kappa shape index (κ3) is 5.30. The maximum Gasteiger partial charge on any atom is 0.202 e. The molecule has 2 heteroatoms. The van der Waals surface area contributed by atoms with Crippen LogP contribution in [0.15, 0.2) is 23.0 Å². The van der Waals surface area contributed by atoms with Gasteiger partial charge in [0.1, 0.15) is 5.76 Å². The Balaban J connectivity index is 2.59. The molecule has 0 aromatic rings. The Morgan fingerprint density at radius 3 is 2.36 bits per heavy atom. The Labute approximate surface area is 137 Å². The van der Waals surface area contributed by atoms with Crippen LogP contribution in [0.1, 0.15) is 74.1 Å². The average Bonchev–Trinajstić information content (AvgIpc) is 2.66. The van der Waals surface area contributed by atoms with Gasteiger partial charge in [0.05, 0.1) is 0 Å². The Morgan fingerprint density at radius 1 is 1.23 bits per heavy atom. The number of ether oxygens (including phenoxy) is 1. The summed E-state index contributed by atoms with van der Waals surface area (Å²) >= 11 is 0. The summed E-state index contributed by atoms with van der Waals surface area (Å²) in [5, 5.41) is 0. The van der Waals surface area contributed by atoms with E-state index in [-0.39, 0.29) is 11.9 Å². The van der Waals surface area contributed by atoms with Crippen LogP contribution in [-0.2, 0) is 9.53 Å². The average molecular weight is 306 g/mol. The SMILES string of the molecule is CCC[C@H](C)C[C@H](C)C[C@H](C)/C=C(/C)C1=C(C)C(=O)C(C)O1. The Bertz CT molecular complexity index is 445. The number of ketones is 1. The van der Waals surface area contributed by atoms with Crippen molar-refractivity contribution in [1.29, 1.82) is 0 Å². The van der Waals surface area contributed by atoms with E-state index < -0.39 is 0 Å². The van der Waals surface area contributed by atoms with E-state index in [2.05, 4.69) is 40.7 Å². The second-order valence-electron chi connectivity index (χ2n) is 7.38. The fraction of sp³-hybridized carbons (Fsp3) is 0.750. The van der Waals surface area contributed by atoms with Crippen LogP contribution >= 0.6 is 0 Å². The Kier molecular flexibility index (Phi) is 7.38. The zero-order chi connectivity index (χ0) is 16.9. The lowest BCUT2D eigenvalue weighted by atomic mass is 9.87. The van der Waals surface area contributed by atoms with Crippen molar-refractivity contribution in [3.05, 3.63) is 23.0 Å². The summed E-state index contributed by atoms with van der Waals surface area (Å²) in [6.45, 7) is 15.0.